The van der Waals surface area contributed by atoms with Crippen molar-refractivity contribution in [1.29, 1.82) is 0 Å². The van der Waals surface area contributed by atoms with Crippen LogP contribution in [0.15, 0.2) is 23.3 Å². The summed E-state index contributed by atoms with van der Waals surface area (Å²) in [5.74, 6) is 2.04. The van der Waals surface area contributed by atoms with E-state index in [-0.39, 0.29) is 24.0 Å². The van der Waals surface area contributed by atoms with Gasteiger partial charge < -0.3 is 15.5 Å². The number of nitrogens with one attached hydrogen (secondary N) is 2. The van der Waals surface area contributed by atoms with Gasteiger partial charge in [0.25, 0.3) is 0 Å². The van der Waals surface area contributed by atoms with Gasteiger partial charge in [-0.2, -0.15) is 0 Å². The van der Waals surface area contributed by atoms with Crippen LogP contribution in [-0.2, 0) is 6.54 Å². The van der Waals surface area contributed by atoms with E-state index >= 15 is 0 Å². The molecule has 5 nitrogen and oxygen atoms in total. The van der Waals surface area contributed by atoms with Crippen molar-refractivity contribution in [1.82, 2.24) is 15.6 Å². The number of rotatable bonds is 4. The van der Waals surface area contributed by atoms with E-state index in [4.69, 9.17) is 0 Å². The average Bonchev–Trinajstić information content (AvgIpc) is 2.96. The molecule has 2 heterocycles. The first-order valence-corrected chi connectivity index (χ1v) is 10.0. The van der Waals surface area contributed by atoms with E-state index in [9.17, 15) is 0 Å². The third kappa shape index (κ3) is 6.59. The van der Waals surface area contributed by atoms with E-state index in [0.29, 0.717) is 6.04 Å². The largest absolute Gasteiger partial charge is 0.357 e. The minimum Gasteiger partial charge on any atom is -0.357 e. The molecule has 0 amide bonds. The van der Waals surface area contributed by atoms with E-state index < -0.39 is 0 Å². The maximum absolute atomic E-state index is 4.60. The summed E-state index contributed by atoms with van der Waals surface area (Å²) in [6.07, 6.45) is 13.8. The molecule has 1 aliphatic heterocycles. The lowest BCUT2D eigenvalue weighted by Gasteiger charge is -2.25. The SMILES string of the molecule is CN=C(NCc1ccnc(N2CCCCCC2)c1)NC1CCCCC1.I. The molecule has 0 radical (unpaired) electrons. The van der Waals surface area contributed by atoms with Crippen LogP contribution >= 0.6 is 24.0 Å². The highest BCUT2D eigenvalue weighted by molar-refractivity contribution is 14.0. The summed E-state index contributed by atoms with van der Waals surface area (Å²) in [4.78, 5) is 11.4. The fraction of sp³-hybridized carbons (Fsp3) is 0.700. The Morgan fingerprint density at radius 2 is 1.81 bits per heavy atom. The van der Waals surface area contributed by atoms with E-state index in [1.807, 2.05) is 13.2 Å². The molecule has 1 aromatic rings. The molecular formula is C20H34IN5. The molecule has 0 spiro atoms. The van der Waals surface area contributed by atoms with Crippen molar-refractivity contribution < 1.29 is 0 Å². The molecular weight excluding hydrogens is 437 g/mol. The van der Waals surface area contributed by atoms with Crippen LogP contribution in [0.5, 0.6) is 0 Å². The summed E-state index contributed by atoms with van der Waals surface area (Å²) < 4.78 is 0. The van der Waals surface area contributed by atoms with Crippen molar-refractivity contribution in [2.75, 3.05) is 25.0 Å². The van der Waals surface area contributed by atoms with Gasteiger partial charge in [-0.05, 0) is 43.4 Å². The number of hydrogen-bond acceptors (Lipinski definition) is 3. The molecule has 0 bridgehead atoms. The molecule has 6 heteroatoms. The average molecular weight is 471 g/mol. The number of anilines is 1. The Kier molecular flexibility index (Phi) is 9.50. The van der Waals surface area contributed by atoms with Gasteiger partial charge in [0.2, 0.25) is 0 Å². The Bertz CT molecular complexity index is 549. The molecule has 0 aromatic carbocycles. The van der Waals surface area contributed by atoms with Crippen LogP contribution in [0.25, 0.3) is 0 Å². The summed E-state index contributed by atoms with van der Waals surface area (Å²) >= 11 is 0. The van der Waals surface area contributed by atoms with Gasteiger partial charge in [-0.1, -0.05) is 32.1 Å². The molecule has 1 aliphatic carbocycles. The first-order chi connectivity index (χ1) is 12.3. The van der Waals surface area contributed by atoms with Gasteiger partial charge in [-0.25, -0.2) is 4.98 Å². The van der Waals surface area contributed by atoms with Crippen LogP contribution in [0.2, 0.25) is 0 Å². The molecule has 3 rings (SSSR count). The minimum absolute atomic E-state index is 0. The van der Waals surface area contributed by atoms with Crippen molar-refractivity contribution in [2.45, 2.75) is 70.4 Å². The lowest BCUT2D eigenvalue weighted by atomic mass is 9.96. The number of nitrogens with zero attached hydrogens (tertiary/aromatic N) is 3. The summed E-state index contributed by atoms with van der Waals surface area (Å²) in [5, 5.41) is 7.04. The number of aromatic nitrogens is 1. The van der Waals surface area contributed by atoms with Gasteiger partial charge in [0.1, 0.15) is 5.82 Å². The summed E-state index contributed by atoms with van der Waals surface area (Å²) in [6.45, 7) is 3.05. The van der Waals surface area contributed by atoms with Gasteiger partial charge in [-0.15, -0.1) is 24.0 Å². The summed E-state index contributed by atoms with van der Waals surface area (Å²) in [6, 6.07) is 4.90. The molecule has 1 saturated carbocycles. The molecule has 26 heavy (non-hydrogen) atoms. The topological polar surface area (TPSA) is 52.6 Å². The maximum Gasteiger partial charge on any atom is 0.191 e. The second-order valence-corrected chi connectivity index (χ2v) is 7.33. The highest BCUT2D eigenvalue weighted by Crippen LogP contribution is 2.19. The third-order valence-electron chi connectivity index (χ3n) is 5.37. The highest BCUT2D eigenvalue weighted by atomic mass is 127. The van der Waals surface area contributed by atoms with Crippen LogP contribution in [0.3, 0.4) is 0 Å². The minimum atomic E-state index is 0. The molecule has 146 valence electrons. The quantitative estimate of drug-likeness (QED) is 0.395. The lowest BCUT2D eigenvalue weighted by molar-refractivity contribution is 0.410. The second-order valence-electron chi connectivity index (χ2n) is 7.33. The normalized spacial score (nSPS) is 19.4. The summed E-state index contributed by atoms with van der Waals surface area (Å²) in [7, 11) is 1.85. The maximum atomic E-state index is 4.60. The van der Waals surface area contributed by atoms with Crippen molar-refractivity contribution in [3.8, 4) is 0 Å². The molecule has 0 unspecified atom stereocenters. The van der Waals surface area contributed by atoms with Gasteiger partial charge in [0.15, 0.2) is 5.96 Å². The van der Waals surface area contributed by atoms with Gasteiger partial charge in [0, 0.05) is 38.9 Å². The number of aliphatic imine (C=N–C) groups is 1. The molecule has 0 atom stereocenters. The predicted molar refractivity (Wildman–Crippen MR) is 121 cm³/mol. The van der Waals surface area contributed by atoms with Crippen molar-refractivity contribution in [3.63, 3.8) is 0 Å². The Balaban J connectivity index is 0.00000243. The number of guanidine groups is 1. The predicted octanol–water partition coefficient (Wildman–Crippen LogP) is 4.08. The highest BCUT2D eigenvalue weighted by Gasteiger charge is 2.15. The van der Waals surface area contributed by atoms with Crippen molar-refractivity contribution in [2.24, 2.45) is 4.99 Å². The van der Waals surface area contributed by atoms with Crippen LogP contribution in [0.4, 0.5) is 5.82 Å². The van der Waals surface area contributed by atoms with E-state index in [2.05, 4.69) is 37.6 Å². The number of pyridine rings is 1. The van der Waals surface area contributed by atoms with Gasteiger partial charge in [0.05, 0.1) is 0 Å². The molecule has 1 saturated heterocycles. The van der Waals surface area contributed by atoms with E-state index in [1.54, 1.807) is 0 Å². The van der Waals surface area contributed by atoms with Crippen LogP contribution < -0.4 is 15.5 Å². The van der Waals surface area contributed by atoms with Crippen LogP contribution in [-0.4, -0.2) is 37.1 Å². The van der Waals surface area contributed by atoms with Crippen LogP contribution in [0.1, 0.15) is 63.4 Å². The Labute approximate surface area is 175 Å². The van der Waals surface area contributed by atoms with Crippen molar-refractivity contribution in [3.05, 3.63) is 23.9 Å². The fourth-order valence-electron chi connectivity index (χ4n) is 3.86. The summed E-state index contributed by atoms with van der Waals surface area (Å²) in [5.41, 5.74) is 1.26. The Morgan fingerprint density at radius 1 is 1.12 bits per heavy atom. The zero-order valence-corrected chi connectivity index (χ0v) is 18.4. The van der Waals surface area contributed by atoms with Crippen molar-refractivity contribution >= 4 is 35.8 Å². The van der Waals surface area contributed by atoms with E-state index in [1.165, 1.54) is 63.4 Å². The second kappa shape index (κ2) is 11.6. The molecule has 2 fully saturated rings. The monoisotopic (exact) mass is 471 g/mol. The zero-order valence-electron chi connectivity index (χ0n) is 16.0. The van der Waals surface area contributed by atoms with E-state index in [0.717, 1.165) is 31.4 Å². The first-order valence-electron chi connectivity index (χ1n) is 10.0. The van der Waals surface area contributed by atoms with Crippen LogP contribution in [0, 0.1) is 0 Å². The smallest absolute Gasteiger partial charge is 0.191 e. The number of halogens is 1. The standard InChI is InChI=1S/C20H33N5.HI/c1-21-20(24-18-9-5-4-6-10-18)23-16-17-11-12-22-19(15-17)25-13-7-2-3-8-14-25;/h11-12,15,18H,2-10,13-14,16H2,1H3,(H2,21,23,24);1H. The zero-order chi connectivity index (χ0) is 17.3. The molecule has 1 aromatic heterocycles. The van der Waals surface area contributed by atoms with Gasteiger partial charge in [-0.3, -0.25) is 4.99 Å². The first kappa shape index (κ1) is 21.3. The lowest BCUT2D eigenvalue weighted by Crippen LogP contribution is -2.43. The Morgan fingerprint density at radius 3 is 2.50 bits per heavy atom. The van der Waals surface area contributed by atoms with Gasteiger partial charge >= 0.3 is 0 Å². The third-order valence-corrected chi connectivity index (χ3v) is 5.37. The fourth-order valence-corrected chi connectivity index (χ4v) is 3.86. The molecule has 2 aliphatic rings. The molecule has 2 N–H and O–H groups in total. The number of hydrogen-bond donors (Lipinski definition) is 2. The Hall–Kier alpha value is -1.05.